The van der Waals surface area contributed by atoms with Gasteiger partial charge in [-0.25, -0.2) is 4.98 Å². The highest BCUT2D eigenvalue weighted by Crippen LogP contribution is 2.37. The van der Waals surface area contributed by atoms with Crippen molar-refractivity contribution in [2.75, 3.05) is 43.6 Å². The van der Waals surface area contributed by atoms with Crippen LogP contribution in [0.15, 0.2) is 36.8 Å². The Morgan fingerprint density at radius 2 is 2.17 bits per heavy atom. The predicted octanol–water partition coefficient (Wildman–Crippen LogP) is 3.84. The summed E-state index contributed by atoms with van der Waals surface area (Å²) in [6.45, 7) is 7.82. The first-order chi connectivity index (χ1) is 14.2. The Hall–Kier alpha value is -2.80. The maximum atomic E-state index is 5.79. The van der Waals surface area contributed by atoms with Gasteiger partial charge in [0, 0.05) is 56.0 Å². The van der Waals surface area contributed by atoms with Crippen molar-refractivity contribution in [3.63, 3.8) is 0 Å². The number of ether oxygens (including phenoxy) is 2. The van der Waals surface area contributed by atoms with E-state index < -0.39 is 0 Å². The summed E-state index contributed by atoms with van der Waals surface area (Å²) in [5.41, 5.74) is 3.77. The summed E-state index contributed by atoms with van der Waals surface area (Å²) >= 11 is 0. The Kier molecular flexibility index (Phi) is 5.85. The number of nitrogens with one attached hydrogen (secondary N) is 1. The molecule has 1 saturated heterocycles. The molecular weight excluding hydrogens is 366 g/mol. The molecule has 154 valence electrons. The van der Waals surface area contributed by atoms with Crippen LogP contribution in [0.3, 0.4) is 0 Å². The number of anilines is 2. The van der Waals surface area contributed by atoms with Crippen LogP contribution in [0.2, 0.25) is 0 Å². The van der Waals surface area contributed by atoms with E-state index in [1.165, 1.54) is 0 Å². The predicted molar refractivity (Wildman–Crippen MR) is 116 cm³/mol. The first kappa shape index (κ1) is 19.5. The highest BCUT2D eigenvalue weighted by atomic mass is 16.5. The van der Waals surface area contributed by atoms with Crippen LogP contribution in [0.4, 0.5) is 11.5 Å². The molecule has 7 heteroatoms. The molecule has 1 atom stereocenters. The number of methoxy groups -OCH3 is 1. The minimum Gasteiger partial charge on any atom is -0.496 e. The summed E-state index contributed by atoms with van der Waals surface area (Å²) in [4.78, 5) is 11.4. The lowest BCUT2D eigenvalue weighted by Crippen LogP contribution is -2.21. The standard InChI is InChI=1S/C22H29N5O2/c1-4-26(5-2)16-8-9-18(19(13-16)28-3)21-22(24-14-17-7-6-12-29-17)27-11-10-23-15-20(27)25-21/h8-11,13,15,17,24H,4-7,12,14H2,1-3H3/t17-/m1/s1. The van der Waals surface area contributed by atoms with Gasteiger partial charge in [0.15, 0.2) is 5.65 Å². The summed E-state index contributed by atoms with van der Waals surface area (Å²) in [5, 5.41) is 3.57. The van der Waals surface area contributed by atoms with Crippen molar-refractivity contribution in [1.82, 2.24) is 14.4 Å². The van der Waals surface area contributed by atoms with Gasteiger partial charge in [0.2, 0.25) is 0 Å². The molecule has 2 aromatic heterocycles. The maximum Gasteiger partial charge on any atom is 0.157 e. The molecular formula is C22H29N5O2. The van der Waals surface area contributed by atoms with Crippen molar-refractivity contribution in [3.8, 4) is 17.0 Å². The van der Waals surface area contributed by atoms with E-state index in [1.807, 2.05) is 10.6 Å². The number of nitrogens with zero attached hydrogens (tertiary/aromatic N) is 4. The normalized spacial score (nSPS) is 16.3. The van der Waals surface area contributed by atoms with Gasteiger partial charge in [-0.15, -0.1) is 0 Å². The lowest BCUT2D eigenvalue weighted by Gasteiger charge is -2.22. The largest absolute Gasteiger partial charge is 0.496 e. The van der Waals surface area contributed by atoms with Gasteiger partial charge < -0.3 is 19.7 Å². The molecule has 0 radical (unpaired) electrons. The second-order valence-electron chi connectivity index (χ2n) is 7.19. The van der Waals surface area contributed by atoms with E-state index in [2.05, 4.69) is 47.2 Å². The molecule has 1 aromatic carbocycles. The van der Waals surface area contributed by atoms with Crippen LogP contribution in [-0.4, -0.2) is 53.8 Å². The van der Waals surface area contributed by atoms with Gasteiger partial charge in [0.1, 0.15) is 17.3 Å². The van der Waals surface area contributed by atoms with Gasteiger partial charge in [-0.3, -0.25) is 9.38 Å². The number of imidazole rings is 1. The minimum absolute atomic E-state index is 0.238. The molecule has 29 heavy (non-hydrogen) atoms. The third kappa shape index (κ3) is 3.87. The number of hydrogen-bond donors (Lipinski definition) is 1. The number of fused-ring (bicyclic) bond motifs is 1. The molecule has 1 aliphatic heterocycles. The van der Waals surface area contributed by atoms with Crippen LogP contribution >= 0.6 is 0 Å². The van der Waals surface area contributed by atoms with Gasteiger partial charge in [-0.1, -0.05) is 0 Å². The lowest BCUT2D eigenvalue weighted by atomic mass is 10.1. The van der Waals surface area contributed by atoms with Crippen molar-refractivity contribution in [3.05, 3.63) is 36.8 Å². The Labute approximate surface area is 171 Å². The van der Waals surface area contributed by atoms with Crippen molar-refractivity contribution in [1.29, 1.82) is 0 Å². The number of benzene rings is 1. The summed E-state index contributed by atoms with van der Waals surface area (Å²) < 4.78 is 13.6. The van der Waals surface area contributed by atoms with Crippen LogP contribution in [0.5, 0.6) is 5.75 Å². The number of rotatable bonds is 8. The molecule has 1 aliphatic rings. The molecule has 0 bridgehead atoms. The molecule has 0 unspecified atom stereocenters. The first-order valence-electron chi connectivity index (χ1n) is 10.4. The Balaban J connectivity index is 1.75. The molecule has 0 spiro atoms. The molecule has 3 heterocycles. The summed E-state index contributed by atoms with van der Waals surface area (Å²) in [5.74, 6) is 1.75. The fraction of sp³-hybridized carbons (Fsp3) is 0.455. The molecule has 1 N–H and O–H groups in total. The molecule has 3 aromatic rings. The Bertz CT molecular complexity index is 961. The second-order valence-corrected chi connectivity index (χ2v) is 7.19. The molecule has 0 aliphatic carbocycles. The number of aromatic nitrogens is 3. The van der Waals surface area contributed by atoms with Crippen molar-refractivity contribution in [2.45, 2.75) is 32.8 Å². The third-order valence-corrected chi connectivity index (χ3v) is 5.52. The van der Waals surface area contributed by atoms with E-state index in [-0.39, 0.29) is 6.10 Å². The van der Waals surface area contributed by atoms with E-state index in [0.29, 0.717) is 0 Å². The average Bonchev–Trinajstić information content (AvgIpc) is 3.40. The lowest BCUT2D eigenvalue weighted by molar-refractivity contribution is 0.120. The van der Waals surface area contributed by atoms with Crippen molar-refractivity contribution < 1.29 is 9.47 Å². The molecule has 7 nitrogen and oxygen atoms in total. The maximum absolute atomic E-state index is 5.79. The zero-order chi connectivity index (χ0) is 20.2. The first-order valence-corrected chi connectivity index (χ1v) is 10.4. The second kappa shape index (κ2) is 8.69. The monoisotopic (exact) mass is 395 g/mol. The fourth-order valence-corrected chi connectivity index (χ4v) is 3.94. The van der Waals surface area contributed by atoms with E-state index >= 15 is 0 Å². The third-order valence-electron chi connectivity index (χ3n) is 5.52. The highest BCUT2D eigenvalue weighted by Gasteiger charge is 2.21. The molecule has 1 fully saturated rings. The van der Waals surface area contributed by atoms with E-state index in [1.54, 1.807) is 19.5 Å². The Morgan fingerprint density at radius 1 is 1.31 bits per heavy atom. The van der Waals surface area contributed by atoms with E-state index in [4.69, 9.17) is 14.5 Å². The fourth-order valence-electron chi connectivity index (χ4n) is 3.94. The van der Waals surface area contributed by atoms with Gasteiger partial charge in [0.05, 0.1) is 19.4 Å². The summed E-state index contributed by atoms with van der Waals surface area (Å²) in [7, 11) is 1.71. The molecule has 0 saturated carbocycles. The van der Waals surface area contributed by atoms with Gasteiger partial charge in [-0.2, -0.15) is 0 Å². The average molecular weight is 396 g/mol. The van der Waals surface area contributed by atoms with Crippen LogP contribution < -0.4 is 15.0 Å². The number of hydrogen-bond acceptors (Lipinski definition) is 6. The van der Waals surface area contributed by atoms with Gasteiger partial charge >= 0.3 is 0 Å². The topological polar surface area (TPSA) is 63.9 Å². The highest BCUT2D eigenvalue weighted by molar-refractivity contribution is 5.81. The summed E-state index contributed by atoms with van der Waals surface area (Å²) in [6, 6.07) is 6.32. The van der Waals surface area contributed by atoms with Gasteiger partial charge in [0.25, 0.3) is 0 Å². The Morgan fingerprint density at radius 3 is 2.90 bits per heavy atom. The van der Waals surface area contributed by atoms with Crippen molar-refractivity contribution in [2.24, 2.45) is 0 Å². The molecule has 4 rings (SSSR count). The van der Waals surface area contributed by atoms with Crippen LogP contribution in [0.1, 0.15) is 26.7 Å². The quantitative estimate of drug-likeness (QED) is 0.625. The smallest absolute Gasteiger partial charge is 0.157 e. The SMILES string of the molecule is CCN(CC)c1ccc(-c2nc3cnccn3c2NC[C@H]2CCCO2)c(OC)c1. The van der Waals surface area contributed by atoms with E-state index in [9.17, 15) is 0 Å². The van der Waals surface area contributed by atoms with Crippen LogP contribution in [-0.2, 0) is 4.74 Å². The zero-order valence-corrected chi connectivity index (χ0v) is 17.4. The van der Waals surface area contributed by atoms with Gasteiger partial charge in [-0.05, 0) is 38.8 Å². The van der Waals surface area contributed by atoms with Crippen LogP contribution in [0.25, 0.3) is 16.9 Å². The van der Waals surface area contributed by atoms with E-state index in [0.717, 1.165) is 73.2 Å². The molecule has 0 amide bonds. The van der Waals surface area contributed by atoms with Crippen molar-refractivity contribution >= 4 is 17.2 Å². The van der Waals surface area contributed by atoms with Crippen LogP contribution in [0, 0.1) is 0 Å². The summed E-state index contributed by atoms with van der Waals surface area (Å²) in [6.07, 6.45) is 7.93. The minimum atomic E-state index is 0.238. The zero-order valence-electron chi connectivity index (χ0n) is 17.4.